The average Bonchev–Trinajstić information content (AvgIpc) is 3.10. The molecule has 2 aromatic rings. The first-order chi connectivity index (χ1) is 14.3. The maximum absolute atomic E-state index is 12.4. The fourth-order valence-electron chi connectivity index (χ4n) is 2.92. The lowest BCUT2D eigenvalue weighted by molar-refractivity contribution is -0.384. The SMILES string of the molecule is CN1CCN(C(=O)CSc2nnc(CNC(=O)c3cccc([N+](=O)[O-])c3)n2C)CC1. The monoisotopic (exact) mass is 433 g/mol. The van der Waals surface area contributed by atoms with Gasteiger partial charge in [-0.1, -0.05) is 17.8 Å². The molecule has 12 heteroatoms. The molecule has 0 spiro atoms. The Balaban J connectivity index is 1.52. The van der Waals surface area contributed by atoms with Gasteiger partial charge in [0, 0.05) is 50.9 Å². The molecule has 1 aliphatic rings. The van der Waals surface area contributed by atoms with E-state index >= 15 is 0 Å². The molecule has 160 valence electrons. The third-order valence-corrected chi connectivity index (χ3v) is 5.84. The van der Waals surface area contributed by atoms with Gasteiger partial charge in [0.1, 0.15) is 0 Å². The summed E-state index contributed by atoms with van der Waals surface area (Å²) in [5.74, 6) is 0.413. The highest BCUT2D eigenvalue weighted by Gasteiger charge is 2.20. The molecule has 0 aliphatic carbocycles. The van der Waals surface area contributed by atoms with Crippen LogP contribution in [0.25, 0.3) is 0 Å². The number of nitro benzene ring substituents is 1. The highest BCUT2D eigenvalue weighted by Crippen LogP contribution is 2.17. The second-order valence-electron chi connectivity index (χ2n) is 6.92. The molecule has 30 heavy (non-hydrogen) atoms. The molecule has 1 aromatic carbocycles. The van der Waals surface area contributed by atoms with Crippen LogP contribution in [0, 0.1) is 10.1 Å². The van der Waals surface area contributed by atoms with Gasteiger partial charge in [-0.25, -0.2) is 0 Å². The zero-order valence-corrected chi connectivity index (χ0v) is 17.6. The van der Waals surface area contributed by atoms with Crippen LogP contribution in [0.2, 0.25) is 0 Å². The number of carbonyl (C=O) groups excluding carboxylic acids is 2. The van der Waals surface area contributed by atoms with Gasteiger partial charge in [0.25, 0.3) is 11.6 Å². The molecule has 11 nitrogen and oxygen atoms in total. The highest BCUT2D eigenvalue weighted by atomic mass is 32.2. The Morgan fingerprint density at radius 1 is 1.20 bits per heavy atom. The van der Waals surface area contributed by atoms with Crippen molar-refractivity contribution >= 4 is 29.3 Å². The fourth-order valence-corrected chi connectivity index (χ4v) is 3.75. The number of carbonyl (C=O) groups is 2. The van der Waals surface area contributed by atoms with Crippen LogP contribution in [0.15, 0.2) is 29.4 Å². The molecule has 1 fully saturated rings. The van der Waals surface area contributed by atoms with Crippen LogP contribution in [0.4, 0.5) is 5.69 Å². The van der Waals surface area contributed by atoms with Crippen molar-refractivity contribution < 1.29 is 14.5 Å². The Morgan fingerprint density at radius 2 is 1.93 bits per heavy atom. The van der Waals surface area contributed by atoms with E-state index in [9.17, 15) is 19.7 Å². The number of nitrogens with zero attached hydrogens (tertiary/aromatic N) is 6. The molecule has 1 aliphatic heterocycles. The van der Waals surface area contributed by atoms with Crippen LogP contribution < -0.4 is 5.32 Å². The van der Waals surface area contributed by atoms with E-state index in [4.69, 9.17) is 0 Å². The largest absolute Gasteiger partial charge is 0.345 e. The summed E-state index contributed by atoms with van der Waals surface area (Å²) in [7, 11) is 3.80. The van der Waals surface area contributed by atoms with Crippen molar-refractivity contribution in [1.29, 1.82) is 0 Å². The zero-order valence-electron chi connectivity index (χ0n) is 16.8. The summed E-state index contributed by atoms with van der Waals surface area (Å²) < 4.78 is 1.72. The molecule has 1 saturated heterocycles. The normalized spacial score (nSPS) is 14.5. The van der Waals surface area contributed by atoms with E-state index in [2.05, 4.69) is 20.4 Å². The van der Waals surface area contributed by atoms with Crippen LogP contribution in [0.1, 0.15) is 16.2 Å². The Hall–Kier alpha value is -2.99. The first kappa shape index (κ1) is 21.7. The van der Waals surface area contributed by atoms with Gasteiger partial charge < -0.3 is 19.7 Å². The van der Waals surface area contributed by atoms with Crippen molar-refractivity contribution in [2.75, 3.05) is 39.0 Å². The smallest absolute Gasteiger partial charge is 0.270 e. The van der Waals surface area contributed by atoms with Crippen LogP contribution in [0.3, 0.4) is 0 Å². The number of piperazine rings is 1. The first-order valence-corrected chi connectivity index (χ1v) is 10.3. The van der Waals surface area contributed by atoms with E-state index in [0.29, 0.717) is 11.0 Å². The van der Waals surface area contributed by atoms with Gasteiger partial charge in [0.2, 0.25) is 5.91 Å². The lowest BCUT2D eigenvalue weighted by atomic mass is 10.2. The predicted octanol–water partition coefficient (Wildman–Crippen LogP) is 0.519. The first-order valence-electron chi connectivity index (χ1n) is 9.35. The standard InChI is InChI=1S/C18H23N7O4S/c1-22-6-8-24(9-7-22)16(26)12-30-18-21-20-15(23(18)2)11-19-17(27)13-4-3-5-14(10-13)25(28)29/h3-5,10H,6-9,11-12H2,1-2H3,(H,19,27). The second-order valence-corrected chi connectivity index (χ2v) is 7.86. The molecule has 0 radical (unpaired) electrons. The maximum atomic E-state index is 12.4. The summed E-state index contributed by atoms with van der Waals surface area (Å²) in [5, 5.41) is 22.3. The number of benzene rings is 1. The van der Waals surface area contributed by atoms with Gasteiger partial charge >= 0.3 is 0 Å². The summed E-state index contributed by atoms with van der Waals surface area (Å²) in [6.45, 7) is 3.30. The molecule has 2 amide bonds. The minimum atomic E-state index is -0.549. The van der Waals surface area contributed by atoms with Crippen molar-refractivity contribution in [3.8, 4) is 0 Å². The van der Waals surface area contributed by atoms with E-state index in [-0.39, 0.29) is 29.5 Å². The Labute approximate surface area is 177 Å². The number of non-ortho nitro benzene ring substituents is 1. The zero-order chi connectivity index (χ0) is 21.7. The van der Waals surface area contributed by atoms with E-state index in [1.54, 1.807) is 11.6 Å². The van der Waals surface area contributed by atoms with E-state index in [1.807, 2.05) is 11.9 Å². The third-order valence-electron chi connectivity index (χ3n) is 4.83. The highest BCUT2D eigenvalue weighted by molar-refractivity contribution is 7.99. The number of amides is 2. The summed E-state index contributed by atoms with van der Waals surface area (Å²) in [6, 6.07) is 5.51. The quantitative estimate of drug-likeness (QED) is 0.380. The van der Waals surface area contributed by atoms with Gasteiger partial charge in [-0.3, -0.25) is 19.7 Å². The van der Waals surface area contributed by atoms with Gasteiger partial charge in [-0.05, 0) is 13.1 Å². The minimum Gasteiger partial charge on any atom is -0.345 e. The Bertz CT molecular complexity index is 940. The number of nitrogens with one attached hydrogen (secondary N) is 1. The molecule has 0 unspecified atom stereocenters. The van der Waals surface area contributed by atoms with Crippen molar-refractivity contribution in [2.24, 2.45) is 7.05 Å². The molecule has 0 atom stereocenters. The fraction of sp³-hybridized carbons (Fsp3) is 0.444. The average molecular weight is 433 g/mol. The predicted molar refractivity (Wildman–Crippen MR) is 110 cm³/mol. The van der Waals surface area contributed by atoms with E-state index in [1.165, 1.54) is 36.0 Å². The topological polar surface area (TPSA) is 127 Å². The molecule has 2 heterocycles. The summed E-state index contributed by atoms with van der Waals surface area (Å²) in [5.41, 5.74) is 0.0451. The number of thioether (sulfide) groups is 1. The number of aromatic nitrogens is 3. The van der Waals surface area contributed by atoms with Crippen LogP contribution in [0.5, 0.6) is 0 Å². The molecular weight excluding hydrogens is 410 g/mol. The number of nitro groups is 1. The number of rotatable bonds is 7. The second kappa shape index (κ2) is 9.67. The van der Waals surface area contributed by atoms with Crippen molar-refractivity contribution in [3.05, 3.63) is 45.8 Å². The van der Waals surface area contributed by atoms with Crippen LogP contribution in [-0.4, -0.2) is 80.3 Å². The molecule has 0 saturated carbocycles. The van der Waals surface area contributed by atoms with Gasteiger partial charge in [-0.2, -0.15) is 0 Å². The molecular formula is C18H23N7O4S. The Kier molecular flexibility index (Phi) is 7.00. The minimum absolute atomic E-state index is 0.0663. The van der Waals surface area contributed by atoms with Crippen molar-refractivity contribution in [1.82, 2.24) is 29.9 Å². The summed E-state index contributed by atoms with van der Waals surface area (Å²) in [6.07, 6.45) is 0. The lowest BCUT2D eigenvalue weighted by Gasteiger charge is -2.32. The maximum Gasteiger partial charge on any atom is 0.270 e. The lowest BCUT2D eigenvalue weighted by Crippen LogP contribution is -2.47. The number of hydrogen-bond donors (Lipinski definition) is 1. The van der Waals surface area contributed by atoms with Gasteiger partial charge in [-0.15, -0.1) is 10.2 Å². The van der Waals surface area contributed by atoms with Crippen LogP contribution in [-0.2, 0) is 18.4 Å². The van der Waals surface area contributed by atoms with Crippen LogP contribution >= 0.6 is 11.8 Å². The van der Waals surface area contributed by atoms with E-state index in [0.717, 1.165) is 26.2 Å². The Morgan fingerprint density at radius 3 is 2.63 bits per heavy atom. The van der Waals surface area contributed by atoms with Crippen molar-refractivity contribution in [3.63, 3.8) is 0 Å². The molecule has 1 aromatic heterocycles. The van der Waals surface area contributed by atoms with E-state index < -0.39 is 10.8 Å². The van der Waals surface area contributed by atoms with Gasteiger partial charge in [0.05, 0.1) is 17.2 Å². The van der Waals surface area contributed by atoms with Gasteiger partial charge in [0.15, 0.2) is 11.0 Å². The molecule has 1 N–H and O–H groups in total. The number of likely N-dealkylation sites (N-methyl/N-ethyl adjacent to an activating group) is 1. The summed E-state index contributed by atoms with van der Waals surface area (Å²) >= 11 is 1.30. The number of hydrogen-bond acceptors (Lipinski definition) is 8. The molecule has 3 rings (SSSR count). The molecule has 0 bridgehead atoms. The third kappa shape index (κ3) is 5.33. The van der Waals surface area contributed by atoms with Crippen molar-refractivity contribution in [2.45, 2.75) is 11.7 Å². The summed E-state index contributed by atoms with van der Waals surface area (Å²) in [4.78, 5) is 39.0.